The van der Waals surface area contributed by atoms with Crippen LogP contribution < -0.4 is 10.6 Å². The first-order valence-electron chi connectivity index (χ1n) is 9.98. The van der Waals surface area contributed by atoms with Gasteiger partial charge in [-0.3, -0.25) is 4.79 Å². The van der Waals surface area contributed by atoms with Crippen molar-refractivity contribution in [3.63, 3.8) is 0 Å². The van der Waals surface area contributed by atoms with Crippen LogP contribution >= 0.6 is 24.0 Å². The smallest absolute Gasteiger partial charge is 0.243 e. The van der Waals surface area contributed by atoms with Crippen molar-refractivity contribution in [1.29, 1.82) is 0 Å². The van der Waals surface area contributed by atoms with E-state index in [2.05, 4.69) is 15.6 Å². The lowest BCUT2D eigenvalue weighted by molar-refractivity contribution is -0.127. The molecule has 2 bridgehead atoms. The minimum atomic E-state index is 0. The number of nitrogens with zero attached hydrogens (tertiary/aromatic N) is 2. The largest absolute Gasteiger partial charge is 0.378 e. The van der Waals surface area contributed by atoms with Crippen LogP contribution in [0.5, 0.6) is 0 Å². The Morgan fingerprint density at radius 3 is 2.65 bits per heavy atom. The van der Waals surface area contributed by atoms with Crippen molar-refractivity contribution in [2.24, 2.45) is 16.8 Å². The van der Waals surface area contributed by atoms with Gasteiger partial charge in [0, 0.05) is 33.3 Å². The second kappa shape index (κ2) is 10.7. The monoisotopic (exact) mass is 478 g/mol. The molecule has 2 saturated carbocycles. The number of likely N-dealkylation sites (N-methyl/N-ethyl adjacent to an activating group) is 1. The Morgan fingerprint density at radius 1 is 1.19 bits per heavy atom. The molecule has 0 spiro atoms. The molecule has 26 heavy (non-hydrogen) atoms. The van der Waals surface area contributed by atoms with Crippen LogP contribution in [0.4, 0.5) is 0 Å². The number of carbonyl (C=O) groups excluding carboxylic acids is 1. The number of hydrogen-bond donors (Lipinski definition) is 2. The van der Waals surface area contributed by atoms with Crippen molar-refractivity contribution in [2.75, 3.05) is 33.8 Å². The van der Waals surface area contributed by atoms with E-state index in [-0.39, 0.29) is 36.4 Å². The van der Waals surface area contributed by atoms with Crippen molar-refractivity contribution < 1.29 is 9.53 Å². The lowest BCUT2D eigenvalue weighted by Crippen LogP contribution is -2.46. The average molecular weight is 478 g/mol. The summed E-state index contributed by atoms with van der Waals surface area (Å²) in [5.41, 5.74) is 0. The first-order valence-corrected chi connectivity index (χ1v) is 9.98. The fourth-order valence-electron chi connectivity index (χ4n) is 4.42. The molecule has 1 aliphatic heterocycles. The SMILES string of the molecule is CN(C)C(=O)CN=C(NCCC1CCCCO1)NC1CC2CCC1C2.I. The third-order valence-corrected chi connectivity index (χ3v) is 5.96. The van der Waals surface area contributed by atoms with Gasteiger partial charge < -0.3 is 20.3 Å². The quantitative estimate of drug-likeness (QED) is 0.350. The molecule has 1 amide bonds. The minimum absolute atomic E-state index is 0. The fourth-order valence-corrected chi connectivity index (χ4v) is 4.42. The molecule has 0 aromatic heterocycles. The second-order valence-electron chi connectivity index (χ2n) is 8.08. The summed E-state index contributed by atoms with van der Waals surface area (Å²) < 4.78 is 5.80. The molecule has 3 fully saturated rings. The number of ether oxygens (including phenoxy) is 1. The van der Waals surface area contributed by atoms with E-state index in [0.29, 0.717) is 12.1 Å². The molecule has 1 heterocycles. The van der Waals surface area contributed by atoms with E-state index in [0.717, 1.165) is 43.8 Å². The minimum Gasteiger partial charge on any atom is -0.378 e. The summed E-state index contributed by atoms with van der Waals surface area (Å²) in [6.45, 7) is 1.93. The Labute approximate surface area is 174 Å². The van der Waals surface area contributed by atoms with Crippen molar-refractivity contribution in [3.8, 4) is 0 Å². The molecule has 4 atom stereocenters. The predicted octanol–water partition coefficient (Wildman–Crippen LogP) is 2.38. The van der Waals surface area contributed by atoms with Crippen LogP contribution in [0.25, 0.3) is 0 Å². The van der Waals surface area contributed by atoms with Gasteiger partial charge in [-0.15, -0.1) is 24.0 Å². The van der Waals surface area contributed by atoms with E-state index in [1.54, 1.807) is 19.0 Å². The zero-order chi connectivity index (χ0) is 17.6. The van der Waals surface area contributed by atoms with Crippen LogP contribution in [0.15, 0.2) is 4.99 Å². The van der Waals surface area contributed by atoms with Crippen molar-refractivity contribution >= 4 is 35.8 Å². The highest BCUT2D eigenvalue weighted by Gasteiger charge is 2.39. The second-order valence-corrected chi connectivity index (χ2v) is 8.08. The average Bonchev–Trinajstić information content (AvgIpc) is 3.23. The van der Waals surface area contributed by atoms with Gasteiger partial charge in [0.25, 0.3) is 0 Å². The molecule has 4 unspecified atom stereocenters. The van der Waals surface area contributed by atoms with Gasteiger partial charge in [0.15, 0.2) is 5.96 Å². The highest BCUT2D eigenvalue weighted by molar-refractivity contribution is 14.0. The number of rotatable bonds is 6. The van der Waals surface area contributed by atoms with E-state index >= 15 is 0 Å². The van der Waals surface area contributed by atoms with Gasteiger partial charge in [-0.2, -0.15) is 0 Å². The Balaban J connectivity index is 0.00000243. The zero-order valence-corrected chi connectivity index (χ0v) is 18.5. The molecule has 3 rings (SSSR count). The molecule has 6 nitrogen and oxygen atoms in total. The highest BCUT2D eigenvalue weighted by atomic mass is 127. The van der Waals surface area contributed by atoms with E-state index in [9.17, 15) is 4.79 Å². The van der Waals surface area contributed by atoms with Crippen LogP contribution in [-0.4, -0.2) is 62.7 Å². The normalized spacial score (nSPS) is 30.6. The van der Waals surface area contributed by atoms with Gasteiger partial charge in [0.2, 0.25) is 5.91 Å². The van der Waals surface area contributed by atoms with Crippen LogP contribution in [-0.2, 0) is 9.53 Å². The Kier molecular flexibility index (Phi) is 8.93. The number of nitrogens with one attached hydrogen (secondary N) is 2. The molecule has 0 aromatic carbocycles. The lowest BCUT2D eigenvalue weighted by Gasteiger charge is -2.26. The molecule has 0 aromatic rings. The number of halogens is 1. The molecule has 2 N–H and O–H groups in total. The summed E-state index contributed by atoms with van der Waals surface area (Å²) in [7, 11) is 3.55. The summed E-state index contributed by atoms with van der Waals surface area (Å²) in [5, 5.41) is 7.04. The molecular weight excluding hydrogens is 443 g/mol. The van der Waals surface area contributed by atoms with E-state index in [4.69, 9.17) is 4.74 Å². The van der Waals surface area contributed by atoms with Crippen molar-refractivity contribution in [1.82, 2.24) is 15.5 Å². The lowest BCUT2D eigenvalue weighted by atomic mass is 9.95. The van der Waals surface area contributed by atoms with E-state index in [1.807, 2.05) is 0 Å². The van der Waals surface area contributed by atoms with Gasteiger partial charge in [0.05, 0.1) is 6.10 Å². The van der Waals surface area contributed by atoms with Crippen molar-refractivity contribution in [3.05, 3.63) is 0 Å². The number of fused-ring (bicyclic) bond motifs is 2. The Morgan fingerprint density at radius 2 is 2.04 bits per heavy atom. The summed E-state index contributed by atoms with van der Waals surface area (Å²) in [6, 6.07) is 0.519. The maximum absolute atomic E-state index is 11.9. The van der Waals surface area contributed by atoms with Crippen LogP contribution in [0.1, 0.15) is 51.4 Å². The molecule has 1 saturated heterocycles. The van der Waals surface area contributed by atoms with Gasteiger partial charge >= 0.3 is 0 Å². The van der Waals surface area contributed by atoms with Gasteiger partial charge in [-0.05, 0) is 56.8 Å². The number of aliphatic imine (C=N–C) groups is 1. The molecule has 3 aliphatic rings. The third-order valence-electron chi connectivity index (χ3n) is 5.96. The highest BCUT2D eigenvalue weighted by Crippen LogP contribution is 2.44. The number of carbonyl (C=O) groups is 1. The van der Waals surface area contributed by atoms with Gasteiger partial charge in [-0.25, -0.2) is 4.99 Å². The standard InChI is InChI=1S/C19H34N4O2.HI/c1-23(2)18(24)13-21-19(20-9-8-16-5-3-4-10-25-16)22-17-12-14-6-7-15(17)11-14;/h14-17H,3-13H2,1-2H3,(H2,20,21,22);1H. The maximum atomic E-state index is 11.9. The van der Waals surface area contributed by atoms with Crippen LogP contribution in [0.3, 0.4) is 0 Å². The first-order chi connectivity index (χ1) is 12.1. The summed E-state index contributed by atoms with van der Waals surface area (Å²) >= 11 is 0. The Hall–Kier alpha value is -0.570. The van der Waals surface area contributed by atoms with E-state index in [1.165, 1.54) is 38.5 Å². The van der Waals surface area contributed by atoms with E-state index < -0.39 is 0 Å². The maximum Gasteiger partial charge on any atom is 0.243 e. The number of amides is 1. The summed E-state index contributed by atoms with van der Waals surface area (Å²) in [6.07, 6.45) is 10.3. The van der Waals surface area contributed by atoms with Crippen LogP contribution in [0, 0.1) is 11.8 Å². The van der Waals surface area contributed by atoms with Crippen LogP contribution in [0.2, 0.25) is 0 Å². The topological polar surface area (TPSA) is 66.0 Å². The summed E-state index contributed by atoms with van der Waals surface area (Å²) in [5.74, 6) is 2.50. The van der Waals surface area contributed by atoms with Gasteiger partial charge in [0.1, 0.15) is 6.54 Å². The number of guanidine groups is 1. The molecule has 2 aliphatic carbocycles. The molecule has 150 valence electrons. The predicted molar refractivity (Wildman–Crippen MR) is 115 cm³/mol. The third kappa shape index (κ3) is 6.25. The first kappa shape index (κ1) is 21.7. The van der Waals surface area contributed by atoms with Gasteiger partial charge in [-0.1, -0.05) is 6.42 Å². The molecular formula is C19H35IN4O2. The summed E-state index contributed by atoms with van der Waals surface area (Å²) in [4.78, 5) is 18.0. The fraction of sp³-hybridized carbons (Fsp3) is 0.895. The Bertz CT molecular complexity index is 480. The molecule has 0 radical (unpaired) electrons. The molecule has 7 heteroatoms. The number of hydrogen-bond acceptors (Lipinski definition) is 3. The zero-order valence-electron chi connectivity index (χ0n) is 16.2. The van der Waals surface area contributed by atoms with Crippen molar-refractivity contribution in [2.45, 2.75) is 63.5 Å².